The van der Waals surface area contributed by atoms with Crippen LogP contribution in [-0.2, 0) is 5.41 Å². The van der Waals surface area contributed by atoms with Crippen LogP contribution in [0, 0.1) is 0 Å². The van der Waals surface area contributed by atoms with Gasteiger partial charge in [-0.05, 0) is 23.1 Å². The average molecular weight is 272 g/mol. The van der Waals surface area contributed by atoms with Gasteiger partial charge in [-0.3, -0.25) is 4.79 Å². The molecule has 0 saturated heterocycles. The minimum atomic E-state index is -1.21. The van der Waals surface area contributed by atoms with E-state index in [9.17, 15) is 9.59 Å². The summed E-state index contributed by atoms with van der Waals surface area (Å²) in [4.78, 5) is 21.8. The summed E-state index contributed by atoms with van der Waals surface area (Å²) in [7, 11) is 0. The van der Waals surface area contributed by atoms with Crippen LogP contribution in [0.2, 0.25) is 0 Å². The van der Waals surface area contributed by atoms with Crippen LogP contribution >= 0.6 is 0 Å². The van der Waals surface area contributed by atoms with E-state index in [4.69, 9.17) is 5.11 Å². The molecule has 0 spiro atoms. The molecule has 5 heteroatoms. The highest BCUT2D eigenvalue weighted by atomic mass is 16.4. The molecule has 1 aromatic heterocycles. The fraction of sp³-hybridized carbons (Fsp3) is 0.267. The summed E-state index contributed by atoms with van der Waals surface area (Å²) in [6, 6.07) is 7.65. The van der Waals surface area contributed by atoms with Crippen molar-refractivity contribution in [2.24, 2.45) is 0 Å². The van der Waals surface area contributed by atoms with E-state index in [0.717, 1.165) is 0 Å². The molecule has 0 aliphatic rings. The molecule has 2 aromatic rings. The van der Waals surface area contributed by atoms with Gasteiger partial charge >= 0.3 is 5.97 Å². The molecule has 1 heterocycles. The second kappa shape index (κ2) is 4.92. The maximum Gasteiger partial charge on any atom is 0.357 e. The Bertz CT molecular complexity index is 649. The second-order valence-corrected chi connectivity index (χ2v) is 5.60. The quantitative estimate of drug-likeness (QED) is 0.872. The molecule has 0 amide bonds. The number of hydrogen-bond donors (Lipinski definition) is 1. The normalized spacial score (nSPS) is 11.3. The van der Waals surface area contributed by atoms with Crippen molar-refractivity contribution in [2.45, 2.75) is 26.2 Å². The third-order valence-electron chi connectivity index (χ3n) is 3.07. The van der Waals surface area contributed by atoms with Crippen molar-refractivity contribution >= 4 is 12.3 Å². The molecule has 0 bridgehead atoms. The van der Waals surface area contributed by atoms with E-state index in [-0.39, 0.29) is 16.7 Å². The molecular formula is C15H16N2O3. The van der Waals surface area contributed by atoms with Gasteiger partial charge in [0, 0.05) is 6.20 Å². The molecule has 0 saturated carbocycles. The largest absolute Gasteiger partial charge is 0.476 e. The highest BCUT2D eigenvalue weighted by molar-refractivity contribution is 5.95. The third-order valence-corrected chi connectivity index (χ3v) is 3.07. The molecule has 104 valence electrons. The molecular weight excluding hydrogens is 256 g/mol. The highest BCUT2D eigenvalue weighted by Gasteiger charge is 2.17. The van der Waals surface area contributed by atoms with Crippen LogP contribution in [-0.4, -0.2) is 27.1 Å². The monoisotopic (exact) mass is 272 g/mol. The van der Waals surface area contributed by atoms with E-state index in [1.54, 1.807) is 0 Å². The van der Waals surface area contributed by atoms with Crippen molar-refractivity contribution in [2.75, 3.05) is 0 Å². The zero-order valence-corrected chi connectivity index (χ0v) is 11.6. The van der Waals surface area contributed by atoms with E-state index >= 15 is 0 Å². The SMILES string of the molecule is CC(C)(C)c1ccc(-n2cc(C=O)c(C(=O)O)n2)cc1. The Morgan fingerprint density at radius 3 is 2.25 bits per heavy atom. The minimum absolute atomic E-state index is 0.0445. The van der Waals surface area contributed by atoms with Gasteiger partial charge in [0.25, 0.3) is 0 Å². The number of carbonyl (C=O) groups excluding carboxylic acids is 1. The maximum atomic E-state index is 11.0. The number of rotatable bonds is 3. The number of benzene rings is 1. The predicted molar refractivity (Wildman–Crippen MR) is 74.6 cm³/mol. The van der Waals surface area contributed by atoms with E-state index in [1.807, 2.05) is 24.3 Å². The number of aldehydes is 1. The van der Waals surface area contributed by atoms with Gasteiger partial charge in [-0.1, -0.05) is 32.9 Å². The van der Waals surface area contributed by atoms with E-state index < -0.39 is 5.97 Å². The van der Waals surface area contributed by atoms with Crippen molar-refractivity contribution in [1.29, 1.82) is 0 Å². The first-order chi connectivity index (χ1) is 9.32. The van der Waals surface area contributed by atoms with Crippen molar-refractivity contribution in [1.82, 2.24) is 9.78 Å². The van der Waals surface area contributed by atoms with E-state index in [0.29, 0.717) is 12.0 Å². The lowest BCUT2D eigenvalue weighted by molar-refractivity contribution is 0.0687. The number of nitrogens with zero attached hydrogens (tertiary/aromatic N) is 2. The minimum Gasteiger partial charge on any atom is -0.476 e. The number of carboxylic acid groups (broad SMARTS) is 1. The Morgan fingerprint density at radius 1 is 1.25 bits per heavy atom. The van der Waals surface area contributed by atoms with Crippen molar-refractivity contribution in [3.05, 3.63) is 47.3 Å². The fourth-order valence-corrected chi connectivity index (χ4v) is 1.89. The average Bonchev–Trinajstić information content (AvgIpc) is 2.82. The molecule has 0 fully saturated rings. The fourth-order valence-electron chi connectivity index (χ4n) is 1.89. The standard InChI is InChI=1S/C15H16N2O3/c1-15(2,3)11-4-6-12(7-5-11)17-8-10(9-18)13(16-17)14(19)20/h4-9H,1-3H3,(H,19,20). The molecule has 0 radical (unpaired) electrons. The van der Waals surface area contributed by atoms with Gasteiger partial charge in [0.1, 0.15) is 0 Å². The summed E-state index contributed by atoms with van der Waals surface area (Å²) < 4.78 is 1.40. The highest BCUT2D eigenvalue weighted by Crippen LogP contribution is 2.23. The molecule has 20 heavy (non-hydrogen) atoms. The Hall–Kier alpha value is -2.43. The molecule has 0 aliphatic carbocycles. The second-order valence-electron chi connectivity index (χ2n) is 5.60. The van der Waals surface area contributed by atoms with Crippen LogP contribution in [0.15, 0.2) is 30.5 Å². The summed E-state index contributed by atoms with van der Waals surface area (Å²) in [5.74, 6) is -1.21. The zero-order valence-electron chi connectivity index (χ0n) is 11.6. The molecule has 0 aliphatic heterocycles. The van der Waals surface area contributed by atoms with Crippen LogP contribution in [0.3, 0.4) is 0 Å². The van der Waals surface area contributed by atoms with Crippen LogP contribution in [0.5, 0.6) is 0 Å². The van der Waals surface area contributed by atoms with Gasteiger partial charge in [0.15, 0.2) is 12.0 Å². The van der Waals surface area contributed by atoms with Crippen LogP contribution in [0.25, 0.3) is 5.69 Å². The van der Waals surface area contributed by atoms with Gasteiger partial charge < -0.3 is 5.11 Å². The van der Waals surface area contributed by atoms with E-state index in [2.05, 4.69) is 25.9 Å². The summed E-state index contributed by atoms with van der Waals surface area (Å²) in [6.07, 6.45) is 1.92. The van der Waals surface area contributed by atoms with Crippen LogP contribution in [0.4, 0.5) is 0 Å². The maximum absolute atomic E-state index is 11.0. The topological polar surface area (TPSA) is 72.2 Å². The Balaban J connectivity index is 2.42. The van der Waals surface area contributed by atoms with Crippen LogP contribution in [0.1, 0.15) is 47.2 Å². The lowest BCUT2D eigenvalue weighted by atomic mass is 9.87. The summed E-state index contributed by atoms with van der Waals surface area (Å²) in [5, 5.41) is 12.9. The Morgan fingerprint density at radius 2 is 1.85 bits per heavy atom. The Kier molecular flexibility index (Phi) is 3.44. The number of carbonyl (C=O) groups is 2. The zero-order chi connectivity index (χ0) is 14.9. The number of aromatic nitrogens is 2. The Labute approximate surface area is 116 Å². The van der Waals surface area contributed by atoms with Gasteiger partial charge in [0.2, 0.25) is 0 Å². The van der Waals surface area contributed by atoms with E-state index in [1.165, 1.54) is 16.4 Å². The molecule has 0 atom stereocenters. The predicted octanol–water partition coefficient (Wildman–Crippen LogP) is 2.68. The molecule has 0 unspecified atom stereocenters. The lowest BCUT2D eigenvalue weighted by Crippen LogP contribution is -2.11. The van der Waals surface area contributed by atoms with Gasteiger partial charge in [-0.15, -0.1) is 0 Å². The summed E-state index contributed by atoms with van der Waals surface area (Å²) in [5.41, 5.74) is 1.76. The third kappa shape index (κ3) is 2.61. The number of hydrogen-bond acceptors (Lipinski definition) is 3. The smallest absolute Gasteiger partial charge is 0.357 e. The molecule has 1 N–H and O–H groups in total. The van der Waals surface area contributed by atoms with Gasteiger partial charge in [-0.2, -0.15) is 5.10 Å². The molecule has 5 nitrogen and oxygen atoms in total. The number of carboxylic acids is 1. The van der Waals surface area contributed by atoms with Gasteiger partial charge in [-0.25, -0.2) is 9.48 Å². The summed E-state index contributed by atoms with van der Waals surface area (Å²) >= 11 is 0. The first kappa shape index (κ1) is 14.0. The molecule has 2 rings (SSSR count). The van der Waals surface area contributed by atoms with Crippen molar-refractivity contribution in [3.8, 4) is 5.69 Å². The van der Waals surface area contributed by atoms with Crippen molar-refractivity contribution in [3.63, 3.8) is 0 Å². The summed E-state index contributed by atoms with van der Waals surface area (Å²) in [6.45, 7) is 6.34. The van der Waals surface area contributed by atoms with Gasteiger partial charge in [0.05, 0.1) is 11.3 Å². The molecule has 1 aromatic carbocycles. The first-order valence-corrected chi connectivity index (χ1v) is 6.22. The van der Waals surface area contributed by atoms with Crippen LogP contribution < -0.4 is 0 Å². The number of aromatic carboxylic acids is 1. The lowest BCUT2D eigenvalue weighted by Gasteiger charge is -2.19. The first-order valence-electron chi connectivity index (χ1n) is 6.22. The van der Waals surface area contributed by atoms with Crippen molar-refractivity contribution < 1.29 is 14.7 Å².